The van der Waals surface area contributed by atoms with E-state index in [0.717, 1.165) is 17.8 Å². The van der Waals surface area contributed by atoms with Gasteiger partial charge in [0.25, 0.3) is 0 Å². The third kappa shape index (κ3) is 6.91. The molecule has 26 heavy (non-hydrogen) atoms. The highest BCUT2D eigenvalue weighted by Crippen LogP contribution is 2.10. The van der Waals surface area contributed by atoms with E-state index in [9.17, 15) is 9.59 Å². The first-order valence-corrected chi connectivity index (χ1v) is 8.58. The van der Waals surface area contributed by atoms with Gasteiger partial charge in [0.15, 0.2) is 0 Å². The molecule has 0 aliphatic heterocycles. The average molecular weight is 351 g/mol. The van der Waals surface area contributed by atoms with E-state index in [1.807, 2.05) is 49.5 Å². The van der Waals surface area contributed by atoms with Gasteiger partial charge >= 0.3 is 0 Å². The van der Waals surface area contributed by atoms with Crippen LogP contribution in [0.1, 0.15) is 17.5 Å². The Balaban J connectivity index is 1.73. The molecule has 0 atom stereocenters. The molecule has 0 saturated carbocycles. The van der Waals surface area contributed by atoms with Crippen LogP contribution in [0, 0.1) is 0 Å². The zero-order valence-electron chi connectivity index (χ0n) is 15.1. The largest absolute Gasteiger partial charge is 0.348 e. The lowest BCUT2D eigenvalue weighted by molar-refractivity contribution is -0.117. The molecule has 136 valence electrons. The van der Waals surface area contributed by atoms with Crippen LogP contribution >= 0.6 is 0 Å². The van der Waals surface area contributed by atoms with Crippen molar-refractivity contribution in [1.29, 1.82) is 0 Å². The molecule has 5 heteroatoms. The fraction of sp³-hybridized carbons (Fsp3) is 0.238. The molecule has 0 saturated heterocycles. The first-order chi connectivity index (χ1) is 12.6. The van der Waals surface area contributed by atoms with Crippen LogP contribution in [-0.2, 0) is 22.7 Å². The van der Waals surface area contributed by atoms with Crippen molar-refractivity contribution >= 4 is 17.5 Å². The van der Waals surface area contributed by atoms with Gasteiger partial charge in [0, 0.05) is 31.7 Å². The van der Waals surface area contributed by atoms with Crippen LogP contribution in [0.3, 0.4) is 0 Å². The van der Waals surface area contributed by atoms with Crippen molar-refractivity contribution in [3.63, 3.8) is 0 Å². The molecule has 0 aliphatic rings. The fourth-order valence-electron chi connectivity index (χ4n) is 2.46. The number of amides is 2. The molecule has 0 spiro atoms. The standard InChI is InChI=1S/C21H25N3O2/c1-3-20(25)22-15-17-9-11-19(12-10-17)23-21(26)13-14-24(2)16-18-7-5-4-6-8-18/h3-12H,1,13-16H2,2H3,(H,22,25)(H,23,26). The van der Waals surface area contributed by atoms with Gasteiger partial charge in [0.2, 0.25) is 11.8 Å². The number of hydrogen-bond donors (Lipinski definition) is 2. The molecule has 2 aromatic rings. The van der Waals surface area contributed by atoms with Crippen molar-refractivity contribution in [1.82, 2.24) is 10.2 Å². The zero-order chi connectivity index (χ0) is 18.8. The zero-order valence-corrected chi connectivity index (χ0v) is 15.1. The predicted octanol–water partition coefficient (Wildman–Crippen LogP) is 2.95. The Morgan fingerprint density at radius 1 is 1.04 bits per heavy atom. The van der Waals surface area contributed by atoms with E-state index in [1.54, 1.807) is 0 Å². The Bertz CT molecular complexity index is 727. The van der Waals surface area contributed by atoms with E-state index < -0.39 is 0 Å². The first kappa shape index (κ1) is 19.4. The second-order valence-electron chi connectivity index (χ2n) is 6.14. The number of carbonyl (C=O) groups is 2. The minimum atomic E-state index is -0.206. The van der Waals surface area contributed by atoms with E-state index in [2.05, 4.69) is 34.2 Å². The van der Waals surface area contributed by atoms with Gasteiger partial charge in [-0.25, -0.2) is 0 Å². The summed E-state index contributed by atoms with van der Waals surface area (Å²) in [5.74, 6) is -0.223. The van der Waals surface area contributed by atoms with Crippen molar-refractivity contribution in [2.75, 3.05) is 18.9 Å². The highest BCUT2D eigenvalue weighted by molar-refractivity contribution is 5.90. The van der Waals surface area contributed by atoms with Crippen LogP contribution in [0.4, 0.5) is 5.69 Å². The molecule has 2 amide bonds. The summed E-state index contributed by atoms with van der Waals surface area (Å²) in [6.07, 6.45) is 1.67. The lowest BCUT2D eigenvalue weighted by Gasteiger charge is -2.16. The minimum absolute atomic E-state index is 0.0161. The van der Waals surface area contributed by atoms with Crippen LogP contribution in [0.2, 0.25) is 0 Å². The summed E-state index contributed by atoms with van der Waals surface area (Å²) < 4.78 is 0. The van der Waals surface area contributed by atoms with Crippen molar-refractivity contribution in [2.24, 2.45) is 0 Å². The lowest BCUT2D eigenvalue weighted by atomic mass is 10.2. The average Bonchev–Trinajstić information content (AvgIpc) is 2.66. The van der Waals surface area contributed by atoms with E-state index in [0.29, 0.717) is 19.5 Å². The number of hydrogen-bond acceptors (Lipinski definition) is 3. The Hall–Kier alpha value is -2.92. The highest BCUT2D eigenvalue weighted by Gasteiger charge is 2.06. The predicted molar refractivity (Wildman–Crippen MR) is 105 cm³/mol. The number of anilines is 1. The molecule has 2 aromatic carbocycles. The second kappa shape index (κ2) is 10.2. The van der Waals surface area contributed by atoms with Gasteiger partial charge in [-0.3, -0.25) is 9.59 Å². The quantitative estimate of drug-likeness (QED) is 0.683. The summed E-state index contributed by atoms with van der Waals surface area (Å²) in [6, 6.07) is 17.6. The van der Waals surface area contributed by atoms with E-state index in [-0.39, 0.29) is 11.8 Å². The maximum atomic E-state index is 12.1. The molecule has 0 heterocycles. The topological polar surface area (TPSA) is 61.4 Å². The Labute approximate surface area is 154 Å². The van der Waals surface area contributed by atoms with E-state index in [4.69, 9.17) is 0 Å². The van der Waals surface area contributed by atoms with Gasteiger partial charge < -0.3 is 15.5 Å². The third-order valence-electron chi connectivity index (χ3n) is 3.91. The molecule has 2 rings (SSSR count). The van der Waals surface area contributed by atoms with Crippen LogP contribution in [-0.4, -0.2) is 30.3 Å². The maximum Gasteiger partial charge on any atom is 0.243 e. The van der Waals surface area contributed by atoms with Crippen molar-refractivity contribution < 1.29 is 9.59 Å². The summed E-state index contributed by atoms with van der Waals surface area (Å²) in [4.78, 5) is 25.4. The molecule has 0 radical (unpaired) electrons. The third-order valence-corrected chi connectivity index (χ3v) is 3.91. The molecular formula is C21H25N3O2. The lowest BCUT2D eigenvalue weighted by Crippen LogP contribution is -2.24. The number of carbonyl (C=O) groups excluding carboxylic acids is 2. The molecule has 0 unspecified atom stereocenters. The minimum Gasteiger partial charge on any atom is -0.348 e. The summed E-state index contributed by atoms with van der Waals surface area (Å²) in [5.41, 5.74) is 2.94. The molecule has 0 aromatic heterocycles. The van der Waals surface area contributed by atoms with Crippen LogP contribution in [0.15, 0.2) is 67.3 Å². The monoisotopic (exact) mass is 351 g/mol. The molecular weight excluding hydrogens is 326 g/mol. The van der Waals surface area contributed by atoms with E-state index >= 15 is 0 Å². The van der Waals surface area contributed by atoms with E-state index in [1.165, 1.54) is 11.6 Å². The molecule has 0 bridgehead atoms. The van der Waals surface area contributed by atoms with Crippen molar-refractivity contribution in [3.05, 3.63) is 78.4 Å². The number of nitrogens with zero attached hydrogens (tertiary/aromatic N) is 1. The van der Waals surface area contributed by atoms with Crippen molar-refractivity contribution in [3.8, 4) is 0 Å². The summed E-state index contributed by atoms with van der Waals surface area (Å²) >= 11 is 0. The maximum absolute atomic E-state index is 12.1. The Kier molecular flexibility index (Phi) is 7.58. The Morgan fingerprint density at radius 3 is 2.38 bits per heavy atom. The van der Waals surface area contributed by atoms with Crippen LogP contribution in [0.25, 0.3) is 0 Å². The van der Waals surface area contributed by atoms with Gasteiger partial charge in [-0.05, 0) is 36.4 Å². The van der Waals surface area contributed by atoms with Gasteiger partial charge in [0.05, 0.1) is 0 Å². The molecule has 5 nitrogen and oxygen atoms in total. The number of rotatable bonds is 9. The number of benzene rings is 2. The smallest absolute Gasteiger partial charge is 0.243 e. The van der Waals surface area contributed by atoms with Crippen LogP contribution < -0.4 is 10.6 Å². The van der Waals surface area contributed by atoms with Gasteiger partial charge in [-0.1, -0.05) is 49.0 Å². The molecule has 2 N–H and O–H groups in total. The SMILES string of the molecule is C=CC(=O)NCc1ccc(NC(=O)CCN(C)Cc2ccccc2)cc1. The summed E-state index contributed by atoms with van der Waals surface area (Å²) in [5, 5.41) is 5.61. The first-order valence-electron chi connectivity index (χ1n) is 8.58. The summed E-state index contributed by atoms with van der Waals surface area (Å²) in [7, 11) is 2.01. The van der Waals surface area contributed by atoms with Crippen molar-refractivity contribution in [2.45, 2.75) is 19.5 Å². The Morgan fingerprint density at radius 2 is 1.73 bits per heavy atom. The number of nitrogens with one attached hydrogen (secondary N) is 2. The van der Waals surface area contributed by atoms with Crippen LogP contribution in [0.5, 0.6) is 0 Å². The summed E-state index contributed by atoms with van der Waals surface area (Å²) in [6.45, 7) is 5.35. The van der Waals surface area contributed by atoms with Gasteiger partial charge in [0.1, 0.15) is 0 Å². The fourth-order valence-corrected chi connectivity index (χ4v) is 2.46. The normalized spacial score (nSPS) is 10.4. The highest BCUT2D eigenvalue weighted by atomic mass is 16.2. The molecule has 0 fully saturated rings. The second-order valence-corrected chi connectivity index (χ2v) is 6.14. The molecule has 0 aliphatic carbocycles. The van der Waals surface area contributed by atoms with Gasteiger partial charge in [-0.15, -0.1) is 0 Å². The van der Waals surface area contributed by atoms with Gasteiger partial charge in [-0.2, -0.15) is 0 Å².